The molecule has 3 heteroatoms. The van der Waals surface area contributed by atoms with Crippen LogP contribution in [-0.4, -0.2) is 20.3 Å². The predicted octanol–water partition coefficient (Wildman–Crippen LogP) is 1.49. The van der Waals surface area contributed by atoms with E-state index in [9.17, 15) is 0 Å². The Kier molecular flexibility index (Phi) is 2.96. The fraction of sp³-hybridized carbons (Fsp3) is 0.714. The van der Waals surface area contributed by atoms with Gasteiger partial charge in [0.1, 0.15) is 0 Å². The summed E-state index contributed by atoms with van der Waals surface area (Å²) in [6.07, 6.45) is 1.85. The maximum Gasteiger partial charge on any atom is 0.461 e. The van der Waals surface area contributed by atoms with Crippen LogP contribution in [0.25, 0.3) is 0 Å². The Bertz CT molecular complexity index is 119. The Morgan fingerprint density at radius 2 is 2.10 bits per heavy atom. The summed E-state index contributed by atoms with van der Waals surface area (Å²) in [6.45, 7) is 7.44. The maximum absolute atomic E-state index is 5.31. The normalized spacial score (nSPS) is 19.1. The van der Waals surface area contributed by atoms with E-state index in [0.717, 1.165) is 31.5 Å². The largest absolute Gasteiger partial charge is 0.461 e. The highest BCUT2D eigenvalue weighted by atomic mass is 16.6. The van der Waals surface area contributed by atoms with Gasteiger partial charge < -0.3 is 9.31 Å². The van der Waals surface area contributed by atoms with Crippen LogP contribution in [0.3, 0.4) is 0 Å². The van der Waals surface area contributed by atoms with Gasteiger partial charge in [-0.15, -0.1) is 6.58 Å². The molecule has 1 aliphatic rings. The highest BCUT2D eigenvalue weighted by Gasteiger charge is 2.20. The first-order chi connectivity index (χ1) is 4.79. The van der Waals surface area contributed by atoms with Crippen LogP contribution < -0.4 is 0 Å². The van der Waals surface area contributed by atoms with Gasteiger partial charge in [0.2, 0.25) is 0 Å². The molecule has 0 aliphatic carbocycles. The van der Waals surface area contributed by atoms with Crippen molar-refractivity contribution in [2.75, 3.05) is 13.2 Å². The highest BCUT2D eigenvalue weighted by molar-refractivity contribution is 6.45. The number of allylic oxidation sites excluding steroid dienone is 1. The maximum atomic E-state index is 5.31. The second-order valence-electron chi connectivity index (χ2n) is 2.69. The van der Waals surface area contributed by atoms with Crippen molar-refractivity contribution in [3.05, 3.63) is 12.2 Å². The molecule has 0 aromatic heterocycles. The molecule has 0 atom stereocenters. The Labute approximate surface area is 62.4 Å². The standard InChI is InChI=1S/C7H13BO2/c1-7(2)6-8-9-4-3-5-10-8/h1,3-6H2,2H3. The lowest BCUT2D eigenvalue weighted by Crippen LogP contribution is -2.29. The van der Waals surface area contributed by atoms with Crippen molar-refractivity contribution < 1.29 is 9.31 Å². The molecule has 0 amide bonds. The van der Waals surface area contributed by atoms with E-state index in [2.05, 4.69) is 6.58 Å². The SMILES string of the molecule is C=C(C)CB1OCCCO1. The van der Waals surface area contributed by atoms with Gasteiger partial charge in [0.05, 0.1) is 0 Å². The van der Waals surface area contributed by atoms with Gasteiger partial charge in [0.15, 0.2) is 0 Å². The van der Waals surface area contributed by atoms with Gasteiger partial charge >= 0.3 is 7.12 Å². The fourth-order valence-electron chi connectivity index (χ4n) is 0.939. The van der Waals surface area contributed by atoms with Crippen molar-refractivity contribution in [1.82, 2.24) is 0 Å². The minimum absolute atomic E-state index is 0.0220. The summed E-state index contributed by atoms with van der Waals surface area (Å²) in [5.41, 5.74) is 1.12. The average Bonchev–Trinajstić information content (AvgIpc) is 1.88. The molecule has 10 heavy (non-hydrogen) atoms. The molecule has 0 bridgehead atoms. The zero-order valence-electron chi connectivity index (χ0n) is 6.43. The van der Waals surface area contributed by atoms with Crippen LogP contribution in [0.2, 0.25) is 6.32 Å². The number of rotatable bonds is 2. The van der Waals surface area contributed by atoms with E-state index in [1.54, 1.807) is 0 Å². The summed E-state index contributed by atoms with van der Waals surface area (Å²) in [5, 5.41) is 0. The van der Waals surface area contributed by atoms with Crippen LogP contribution in [0.5, 0.6) is 0 Å². The molecule has 1 fully saturated rings. The van der Waals surface area contributed by atoms with E-state index >= 15 is 0 Å². The third kappa shape index (κ3) is 2.54. The zero-order chi connectivity index (χ0) is 7.40. The van der Waals surface area contributed by atoms with Gasteiger partial charge in [-0.3, -0.25) is 0 Å². The topological polar surface area (TPSA) is 18.5 Å². The molecule has 0 aromatic carbocycles. The van der Waals surface area contributed by atoms with Crippen LogP contribution in [0, 0.1) is 0 Å². The quantitative estimate of drug-likeness (QED) is 0.427. The van der Waals surface area contributed by atoms with Crippen molar-refractivity contribution in [1.29, 1.82) is 0 Å². The summed E-state index contributed by atoms with van der Waals surface area (Å²) in [4.78, 5) is 0. The van der Waals surface area contributed by atoms with Crippen LogP contribution in [0.15, 0.2) is 12.2 Å². The second-order valence-corrected chi connectivity index (χ2v) is 2.69. The lowest BCUT2D eigenvalue weighted by Gasteiger charge is -2.19. The van der Waals surface area contributed by atoms with Crippen molar-refractivity contribution >= 4 is 7.12 Å². The molecular weight excluding hydrogens is 127 g/mol. The van der Waals surface area contributed by atoms with E-state index in [4.69, 9.17) is 9.31 Å². The molecule has 1 heterocycles. The first-order valence-electron chi connectivity index (χ1n) is 3.66. The summed E-state index contributed by atoms with van der Waals surface area (Å²) in [5.74, 6) is 0. The molecule has 1 aliphatic heterocycles. The minimum Gasteiger partial charge on any atom is -0.411 e. The fourth-order valence-corrected chi connectivity index (χ4v) is 0.939. The molecule has 0 saturated carbocycles. The molecule has 0 spiro atoms. The molecule has 0 radical (unpaired) electrons. The van der Waals surface area contributed by atoms with E-state index in [-0.39, 0.29) is 7.12 Å². The summed E-state index contributed by atoms with van der Waals surface area (Å²) in [6, 6.07) is 0. The first-order valence-corrected chi connectivity index (χ1v) is 3.66. The Hall–Kier alpha value is -0.275. The number of hydrogen-bond acceptors (Lipinski definition) is 2. The van der Waals surface area contributed by atoms with Gasteiger partial charge in [-0.25, -0.2) is 0 Å². The van der Waals surface area contributed by atoms with E-state index < -0.39 is 0 Å². The molecule has 1 saturated heterocycles. The van der Waals surface area contributed by atoms with Gasteiger partial charge in [-0.1, -0.05) is 5.57 Å². The smallest absolute Gasteiger partial charge is 0.411 e. The molecule has 56 valence electrons. The van der Waals surface area contributed by atoms with E-state index in [1.807, 2.05) is 6.92 Å². The zero-order valence-corrected chi connectivity index (χ0v) is 6.43. The molecule has 2 nitrogen and oxygen atoms in total. The van der Waals surface area contributed by atoms with Crippen molar-refractivity contribution in [3.63, 3.8) is 0 Å². The van der Waals surface area contributed by atoms with E-state index in [0.29, 0.717) is 0 Å². The molecule has 0 N–H and O–H groups in total. The Balaban J connectivity index is 2.19. The van der Waals surface area contributed by atoms with Gasteiger partial charge in [-0.2, -0.15) is 0 Å². The Morgan fingerprint density at radius 3 is 2.60 bits per heavy atom. The first kappa shape index (κ1) is 7.83. The monoisotopic (exact) mass is 140 g/mol. The van der Waals surface area contributed by atoms with Crippen LogP contribution in [0.1, 0.15) is 13.3 Å². The van der Waals surface area contributed by atoms with Gasteiger partial charge in [0.25, 0.3) is 0 Å². The summed E-state index contributed by atoms with van der Waals surface area (Å²) in [7, 11) is -0.0220. The second kappa shape index (κ2) is 3.79. The summed E-state index contributed by atoms with van der Waals surface area (Å²) >= 11 is 0. The van der Waals surface area contributed by atoms with Crippen LogP contribution >= 0.6 is 0 Å². The molecule has 0 aromatic rings. The third-order valence-electron chi connectivity index (χ3n) is 1.41. The minimum atomic E-state index is -0.0220. The van der Waals surface area contributed by atoms with Gasteiger partial charge in [0, 0.05) is 19.5 Å². The highest BCUT2D eigenvalue weighted by Crippen LogP contribution is 2.09. The Morgan fingerprint density at radius 1 is 1.50 bits per heavy atom. The summed E-state index contributed by atoms with van der Waals surface area (Å²) < 4.78 is 10.6. The lowest BCUT2D eigenvalue weighted by atomic mass is 9.80. The lowest BCUT2D eigenvalue weighted by molar-refractivity contribution is 0.135. The van der Waals surface area contributed by atoms with Gasteiger partial charge in [-0.05, 0) is 13.3 Å². The predicted molar refractivity (Wildman–Crippen MR) is 41.9 cm³/mol. The number of hydrogen-bond donors (Lipinski definition) is 0. The van der Waals surface area contributed by atoms with Crippen LogP contribution in [0.4, 0.5) is 0 Å². The molecule has 1 rings (SSSR count). The van der Waals surface area contributed by atoms with E-state index in [1.165, 1.54) is 0 Å². The average molecular weight is 140 g/mol. The van der Waals surface area contributed by atoms with Crippen molar-refractivity contribution in [2.24, 2.45) is 0 Å². The van der Waals surface area contributed by atoms with Crippen molar-refractivity contribution in [3.8, 4) is 0 Å². The molecular formula is C7H13BO2. The van der Waals surface area contributed by atoms with Crippen LogP contribution in [-0.2, 0) is 9.31 Å². The molecule has 0 unspecified atom stereocenters. The third-order valence-corrected chi connectivity index (χ3v) is 1.41. The van der Waals surface area contributed by atoms with Crippen molar-refractivity contribution in [2.45, 2.75) is 19.7 Å².